The lowest BCUT2D eigenvalue weighted by Gasteiger charge is -2.44. The number of nitrogens with two attached hydrogens (primary N) is 1. The first-order chi connectivity index (χ1) is 11.3. The molecule has 0 bridgehead atoms. The SMILES string of the molecule is NCc1cc(OC2CC3(CCN(CC=O)C3)C2)nc(C(F)(F)F)c1. The number of ether oxygens (including phenoxy) is 1. The van der Waals surface area contributed by atoms with Gasteiger partial charge in [0.2, 0.25) is 5.88 Å². The van der Waals surface area contributed by atoms with Gasteiger partial charge in [-0.1, -0.05) is 0 Å². The summed E-state index contributed by atoms with van der Waals surface area (Å²) in [5.74, 6) is -0.0205. The minimum atomic E-state index is -4.52. The van der Waals surface area contributed by atoms with Crippen molar-refractivity contribution in [2.24, 2.45) is 11.1 Å². The molecular weight excluding hydrogens is 323 g/mol. The zero-order chi connectivity index (χ0) is 17.4. The molecule has 2 fully saturated rings. The van der Waals surface area contributed by atoms with Crippen LogP contribution >= 0.6 is 0 Å². The summed E-state index contributed by atoms with van der Waals surface area (Å²) in [6.45, 7) is 2.15. The van der Waals surface area contributed by atoms with Crippen LogP contribution in [0.25, 0.3) is 0 Å². The van der Waals surface area contributed by atoms with Crippen molar-refractivity contribution in [2.45, 2.75) is 38.1 Å². The molecule has 1 aliphatic heterocycles. The Bertz CT molecular complexity index is 615. The highest BCUT2D eigenvalue weighted by Gasteiger charge is 2.49. The van der Waals surface area contributed by atoms with E-state index in [4.69, 9.17) is 10.5 Å². The molecule has 1 spiro atoms. The van der Waals surface area contributed by atoms with Crippen LogP contribution in [0.1, 0.15) is 30.5 Å². The molecule has 1 saturated heterocycles. The molecule has 0 aromatic carbocycles. The van der Waals surface area contributed by atoms with E-state index in [1.807, 2.05) is 0 Å². The summed E-state index contributed by atoms with van der Waals surface area (Å²) < 4.78 is 44.3. The largest absolute Gasteiger partial charge is 0.474 e. The van der Waals surface area contributed by atoms with Crippen LogP contribution in [0.4, 0.5) is 13.2 Å². The smallest absolute Gasteiger partial charge is 0.433 e. The molecule has 1 saturated carbocycles. The van der Waals surface area contributed by atoms with Gasteiger partial charge in [0, 0.05) is 19.2 Å². The minimum Gasteiger partial charge on any atom is -0.474 e. The number of pyridine rings is 1. The van der Waals surface area contributed by atoms with E-state index in [9.17, 15) is 18.0 Å². The predicted octanol–water partition coefficient (Wildman–Crippen LogP) is 1.99. The van der Waals surface area contributed by atoms with Gasteiger partial charge in [0.15, 0.2) is 0 Å². The number of hydrogen-bond donors (Lipinski definition) is 1. The second-order valence-corrected chi connectivity index (χ2v) is 6.70. The topological polar surface area (TPSA) is 68.5 Å². The van der Waals surface area contributed by atoms with E-state index in [2.05, 4.69) is 9.88 Å². The number of rotatable bonds is 5. The average Bonchev–Trinajstić information content (AvgIpc) is 2.90. The summed E-state index contributed by atoms with van der Waals surface area (Å²) in [7, 11) is 0. The number of alkyl halides is 3. The highest BCUT2D eigenvalue weighted by atomic mass is 19.4. The van der Waals surface area contributed by atoms with E-state index in [-0.39, 0.29) is 23.9 Å². The molecule has 5 nitrogen and oxygen atoms in total. The van der Waals surface area contributed by atoms with E-state index >= 15 is 0 Å². The second kappa shape index (κ2) is 6.33. The van der Waals surface area contributed by atoms with Gasteiger partial charge < -0.3 is 15.3 Å². The third-order valence-electron chi connectivity index (χ3n) is 4.85. The molecule has 2 aliphatic rings. The van der Waals surface area contributed by atoms with Crippen LogP contribution in [0.5, 0.6) is 5.88 Å². The minimum absolute atomic E-state index is 0.00276. The van der Waals surface area contributed by atoms with Crippen LogP contribution in [-0.2, 0) is 17.5 Å². The van der Waals surface area contributed by atoms with Gasteiger partial charge >= 0.3 is 6.18 Å². The molecule has 1 aromatic rings. The number of likely N-dealkylation sites (tertiary alicyclic amines) is 1. The van der Waals surface area contributed by atoms with Gasteiger partial charge in [-0.25, -0.2) is 4.98 Å². The van der Waals surface area contributed by atoms with Crippen molar-refractivity contribution < 1.29 is 22.7 Å². The lowest BCUT2D eigenvalue weighted by Crippen LogP contribution is -2.46. The summed E-state index contributed by atoms with van der Waals surface area (Å²) in [6.07, 6.45) is -1.22. The third-order valence-corrected chi connectivity index (χ3v) is 4.85. The van der Waals surface area contributed by atoms with Gasteiger partial charge in [0.05, 0.1) is 6.54 Å². The number of halogens is 3. The molecule has 0 amide bonds. The maximum atomic E-state index is 12.9. The Morgan fingerprint density at radius 2 is 2.17 bits per heavy atom. The van der Waals surface area contributed by atoms with E-state index in [0.717, 1.165) is 44.7 Å². The van der Waals surface area contributed by atoms with Crippen LogP contribution in [0.3, 0.4) is 0 Å². The third kappa shape index (κ3) is 3.54. The van der Waals surface area contributed by atoms with Gasteiger partial charge in [-0.05, 0) is 42.9 Å². The molecule has 1 aromatic heterocycles. The summed E-state index contributed by atoms with van der Waals surface area (Å²) >= 11 is 0. The summed E-state index contributed by atoms with van der Waals surface area (Å²) in [4.78, 5) is 16.3. The molecular formula is C16H20F3N3O2. The Morgan fingerprint density at radius 3 is 2.79 bits per heavy atom. The van der Waals surface area contributed by atoms with E-state index in [0.29, 0.717) is 12.1 Å². The predicted molar refractivity (Wildman–Crippen MR) is 80.3 cm³/mol. The fraction of sp³-hybridized carbons (Fsp3) is 0.625. The molecule has 0 atom stereocenters. The van der Waals surface area contributed by atoms with Crippen molar-refractivity contribution in [2.75, 3.05) is 19.6 Å². The Balaban J connectivity index is 1.63. The van der Waals surface area contributed by atoms with Crippen LogP contribution < -0.4 is 10.5 Å². The lowest BCUT2D eigenvalue weighted by atomic mass is 9.66. The van der Waals surface area contributed by atoms with Gasteiger partial charge in [0.1, 0.15) is 18.1 Å². The molecule has 1 aliphatic carbocycles. The second-order valence-electron chi connectivity index (χ2n) is 6.70. The number of aromatic nitrogens is 1. The van der Waals surface area contributed by atoms with Crippen LogP contribution in [0, 0.1) is 5.41 Å². The highest BCUT2D eigenvalue weighted by molar-refractivity contribution is 5.52. The standard InChI is InChI=1S/C16H20F3N3O2/c17-16(18,19)13-5-11(9-20)6-14(21-13)24-12-7-15(8-12)1-2-22(10-15)3-4-23/h4-6,12H,1-3,7-10,20H2. The Morgan fingerprint density at radius 1 is 1.42 bits per heavy atom. The first-order valence-electron chi connectivity index (χ1n) is 7.94. The van der Waals surface area contributed by atoms with Crippen molar-refractivity contribution in [1.29, 1.82) is 0 Å². The number of nitrogens with zero attached hydrogens (tertiary/aromatic N) is 2. The van der Waals surface area contributed by atoms with Gasteiger partial charge in [-0.3, -0.25) is 4.90 Å². The van der Waals surface area contributed by atoms with E-state index in [1.54, 1.807) is 0 Å². The fourth-order valence-electron chi connectivity index (χ4n) is 3.67. The van der Waals surface area contributed by atoms with Crippen LogP contribution in [0.2, 0.25) is 0 Å². The molecule has 2 heterocycles. The first kappa shape index (κ1) is 17.2. The monoisotopic (exact) mass is 343 g/mol. The Labute approximate surface area is 138 Å². The Kier molecular flexibility index (Phi) is 4.52. The fourth-order valence-corrected chi connectivity index (χ4v) is 3.67. The summed E-state index contributed by atoms with van der Waals surface area (Å²) in [5, 5.41) is 0. The Hall–Kier alpha value is -1.67. The number of hydrogen-bond acceptors (Lipinski definition) is 5. The zero-order valence-electron chi connectivity index (χ0n) is 13.2. The van der Waals surface area contributed by atoms with Gasteiger partial charge in [0.25, 0.3) is 0 Å². The van der Waals surface area contributed by atoms with Gasteiger partial charge in [-0.2, -0.15) is 13.2 Å². The summed E-state index contributed by atoms with van der Waals surface area (Å²) in [6, 6.07) is 2.41. The normalized spacial score (nSPS) is 27.2. The average molecular weight is 343 g/mol. The molecule has 132 valence electrons. The van der Waals surface area contributed by atoms with Crippen LogP contribution in [0.15, 0.2) is 12.1 Å². The van der Waals surface area contributed by atoms with Crippen molar-refractivity contribution in [3.8, 4) is 5.88 Å². The van der Waals surface area contributed by atoms with Crippen molar-refractivity contribution in [3.63, 3.8) is 0 Å². The van der Waals surface area contributed by atoms with Crippen molar-refractivity contribution in [1.82, 2.24) is 9.88 Å². The van der Waals surface area contributed by atoms with Crippen molar-refractivity contribution >= 4 is 6.29 Å². The number of carbonyl (C=O) groups is 1. The lowest BCUT2D eigenvalue weighted by molar-refractivity contribution is -0.141. The highest BCUT2D eigenvalue weighted by Crippen LogP contribution is 2.49. The van der Waals surface area contributed by atoms with E-state index < -0.39 is 11.9 Å². The molecule has 0 radical (unpaired) electrons. The maximum absolute atomic E-state index is 12.9. The molecule has 24 heavy (non-hydrogen) atoms. The quantitative estimate of drug-likeness (QED) is 0.828. The maximum Gasteiger partial charge on any atom is 0.433 e. The molecule has 2 N–H and O–H groups in total. The van der Waals surface area contributed by atoms with Crippen molar-refractivity contribution in [3.05, 3.63) is 23.4 Å². The summed E-state index contributed by atoms with van der Waals surface area (Å²) in [5.41, 5.74) is 4.96. The molecule has 3 rings (SSSR count). The number of carbonyl (C=O) groups excluding carboxylic acids is 1. The molecule has 8 heteroatoms. The first-order valence-corrected chi connectivity index (χ1v) is 7.94. The van der Waals surface area contributed by atoms with E-state index in [1.165, 1.54) is 6.07 Å². The van der Waals surface area contributed by atoms with Gasteiger partial charge in [-0.15, -0.1) is 0 Å². The number of aldehydes is 1. The molecule has 0 unspecified atom stereocenters. The van der Waals surface area contributed by atoms with Crippen LogP contribution in [-0.4, -0.2) is 41.9 Å². The zero-order valence-corrected chi connectivity index (χ0v) is 13.2.